The minimum atomic E-state index is -0.326. The van der Waals surface area contributed by atoms with E-state index in [2.05, 4.69) is 11.8 Å². The summed E-state index contributed by atoms with van der Waals surface area (Å²) in [7, 11) is 1.67. The third-order valence-corrected chi connectivity index (χ3v) is 3.92. The van der Waals surface area contributed by atoms with Crippen molar-refractivity contribution in [3.05, 3.63) is 0 Å². The molecule has 2 aliphatic rings. The van der Waals surface area contributed by atoms with Crippen LogP contribution in [-0.4, -0.2) is 62.2 Å². The van der Waals surface area contributed by atoms with E-state index in [9.17, 15) is 5.11 Å². The molecule has 2 rings (SSSR count). The molecule has 0 radical (unpaired) electrons. The van der Waals surface area contributed by atoms with Crippen LogP contribution in [0.2, 0.25) is 0 Å². The number of methoxy groups -OCH3 is 1. The van der Waals surface area contributed by atoms with Gasteiger partial charge in [0.1, 0.15) is 0 Å². The highest BCUT2D eigenvalue weighted by Crippen LogP contribution is 2.32. The first-order valence-electron chi connectivity index (χ1n) is 6.14. The van der Waals surface area contributed by atoms with Gasteiger partial charge in [0, 0.05) is 40.0 Å². The van der Waals surface area contributed by atoms with E-state index in [0.717, 1.165) is 45.7 Å². The quantitative estimate of drug-likeness (QED) is 0.765. The summed E-state index contributed by atoms with van der Waals surface area (Å²) >= 11 is 0. The normalized spacial score (nSPS) is 35.4. The summed E-state index contributed by atoms with van der Waals surface area (Å²) in [6.07, 6.45) is 1.91. The number of aliphatic hydroxyl groups is 1. The van der Waals surface area contributed by atoms with Gasteiger partial charge in [-0.3, -0.25) is 4.90 Å². The predicted molar refractivity (Wildman–Crippen MR) is 61.4 cm³/mol. The Morgan fingerprint density at radius 1 is 1.38 bits per heavy atom. The van der Waals surface area contributed by atoms with Gasteiger partial charge in [-0.2, -0.15) is 0 Å². The molecule has 4 nitrogen and oxygen atoms in total. The topological polar surface area (TPSA) is 41.9 Å². The number of β-amino-alcohol motifs (C(OH)–C–C–N with tert-alkyl or cyclic N) is 1. The highest BCUT2D eigenvalue weighted by atomic mass is 16.5. The van der Waals surface area contributed by atoms with E-state index < -0.39 is 0 Å². The molecule has 0 aromatic rings. The molecule has 0 aliphatic carbocycles. The maximum absolute atomic E-state index is 9.78. The molecule has 1 N–H and O–H groups in total. The van der Waals surface area contributed by atoms with E-state index in [1.54, 1.807) is 7.11 Å². The zero-order valence-electron chi connectivity index (χ0n) is 10.3. The number of rotatable bonds is 3. The van der Waals surface area contributed by atoms with Crippen LogP contribution in [0.25, 0.3) is 0 Å². The number of hydrogen-bond donors (Lipinski definition) is 1. The fourth-order valence-corrected chi connectivity index (χ4v) is 2.76. The number of nitrogens with zero attached hydrogens (tertiary/aromatic N) is 1. The third kappa shape index (κ3) is 2.74. The molecule has 0 spiro atoms. The molecule has 2 fully saturated rings. The van der Waals surface area contributed by atoms with Gasteiger partial charge in [0.25, 0.3) is 0 Å². The van der Waals surface area contributed by atoms with Crippen molar-refractivity contribution in [2.75, 3.05) is 40.0 Å². The molecular weight excluding hydrogens is 206 g/mol. The number of aliphatic hydroxyl groups excluding tert-OH is 1. The Morgan fingerprint density at radius 2 is 2.06 bits per heavy atom. The molecule has 2 heterocycles. The van der Waals surface area contributed by atoms with Crippen LogP contribution in [0.15, 0.2) is 0 Å². The summed E-state index contributed by atoms with van der Waals surface area (Å²) in [6, 6.07) is 0. The second kappa shape index (κ2) is 5.00. The van der Waals surface area contributed by atoms with Gasteiger partial charge in [0.15, 0.2) is 0 Å². The predicted octanol–water partition coefficient (Wildman–Crippen LogP) is 0.495. The van der Waals surface area contributed by atoms with Gasteiger partial charge in [-0.05, 0) is 18.3 Å². The number of hydrogen-bond acceptors (Lipinski definition) is 4. The van der Waals surface area contributed by atoms with Crippen LogP contribution in [0.4, 0.5) is 0 Å². The maximum atomic E-state index is 9.78. The van der Waals surface area contributed by atoms with Gasteiger partial charge in [0.2, 0.25) is 0 Å². The average molecular weight is 229 g/mol. The fraction of sp³-hybridized carbons (Fsp3) is 1.00. The molecule has 4 heteroatoms. The third-order valence-electron chi connectivity index (χ3n) is 3.92. The van der Waals surface area contributed by atoms with Gasteiger partial charge >= 0.3 is 0 Å². The van der Waals surface area contributed by atoms with Crippen molar-refractivity contribution in [3.63, 3.8) is 0 Å². The molecular formula is C12H23NO3. The van der Waals surface area contributed by atoms with Crippen LogP contribution in [0.1, 0.15) is 19.8 Å². The summed E-state index contributed by atoms with van der Waals surface area (Å²) in [5, 5.41) is 9.78. The van der Waals surface area contributed by atoms with Gasteiger partial charge in [-0.15, -0.1) is 0 Å². The van der Waals surface area contributed by atoms with Crippen LogP contribution in [0.3, 0.4) is 0 Å². The van der Waals surface area contributed by atoms with Crippen molar-refractivity contribution in [2.45, 2.75) is 32.0 Å². The Hall–Kier alpha value is -0.160. The maximum Gasteiger partial charge on any atom is 0.0969 e. The largest absolute Gasteiger partial charge is 0.389 e. The van der Waals surface area contributed by atoms with Crippen LogP contribution < -0.4 is 0 Å². The van der Waals surface area contributed by atoms with Gasteiger partial charge in [0.05, 0.1) is 12.2 Å². The second-order valence-electron chi connectivity index (χ2n) is 5.46. The summed E-state index contributed by atoms with van der Waals surface area (Å²) in [6.45, 7) is 6.72. The minimum Gasteiger partial charge on any atom is -0.389 e. The Labute approximate surface area is 97.5 Å². The summed E-state index contributed by atoms with van der Waals surface area (Å²) < 4.78 is 10.7. The first kappa shape index (κ1) is 12.3. The van der Waals surface area contributed by atoms with E-state index in [-0.39, 0.29) is 12.2 Å². The van der Waals surface area contributed by atoms with Crippen molar-refractivity contribution in [2.24, 2.45) is 5.41 Å². The van der Waals surface area contributed by atoms with Gasteiger partial charge < -0.3 is 14.6 Å². The number of ether oxygens (including phenoxy) is 2. The van der Waals surface area contributed by atoms with Crippen molar-refractivity contribution >= 4 is 0 Å². The molecule has 2 atom stereocenters. The first-order chi connectivity index (χ1) is 7.63. The molecule has 0 unspecified atom stereocenters. The van der Waals surface area contributed by atoms with Crippen LogP contribution >= 0.6 is 0 Å². The molecule has 16 heavy (non-hydrogen) atoms. The second-order valence-corrected chi connectivity index (χ2v) is 5.46. The lowest BCUT2D eigenvalue weighted by Crippen LogP contribution is -2.39. The number of likely N-dealkylation sites (tertiary alicyclic amines) is 1. The van der Waals surface area contributed by atoms with Crippen LogP contribution in [-0.2, 0) is 9.47 Å². The van der Waals surface area contributed by atoms with E-state index in [1.165, 1.54) is 0 Å². The molecule has 0 aromatic heterocycles. The van der Waals surface area contributed by atoms with E-state index in [4.69, 9.17) is 9.47 Å². The van der Waals surface area contributed by atoms with Crippen LogP contribution in [0.5, 0.6) is 0 Å². The lowest BCUT2D eigenvalue weighted by atomic mass is 9.82. The van der Waals surface area contributed by atoms with Crippen molar-refractivity contribution in [1.82, 2.24) is 4.90 Å². The van der Waals surface area contributed by atoms with Gasteiger partial charge in [-0.25, -0.2) is 0 Å². The lowest BCUT2D eigenvalue weighted by Gasteiger charge is -2.36. The fourth-order valence-electron chi connectivity index (χ4n) is 2.76. The average Bonchev–Trinajstić information content (AvgIpc) is 2.59. The summed E-state index contributed by atoms with van der Waals surface area (Å²) in [4.78, 5) is 2.32. The van der Waals surface area contributed by atoms with E-state index in [0.29, 0.717) is 5.41 Å². The SMILES string of the molecule is CO[C@H]1CN(CC2(C)CCOCC2)C[C@@H]1O. The standard InChI is InChI=1S/C12H23NO3/c1-12(3-5-16-6-4-12)9-13-7-10(14)11(8-13)15-2/h10-11,14H,3-9H2,1-2H3/t10-,11-/m0/s1. The minimum absolute atomic E-state index is 0.0107. The van der Waals surface area contributed by atoms with Crippen molar-refractivity contribution in [1.29, 1.82) is 0 Å². The van der Waals surface area contributed by atoms with E-state index >= 15 is 0 Å². The van der Waals surface area contributed by atoms with Crippen molar-refractivity contribution in [3.8, 4) is 0 Å². The van der Waals surface area contributed by atoms with E-state index in [1.807, 2.05) is 0 Å². The Morgan fingerprint density at radius 3 is 2.62 bits per heavy atom. The lowest BCUT2D eigenvalue weighted by molar-refractivity contribution is 0.00584. The Kier molecular flexibility index (Phi) is 3.85. The monoisotopic (exact) mass is 229 g/mol. The highest BCUT2D eigenvalue weighted by Gasteiger charge is 2.36. The zero-order valence-corrected chi connectivity index (χ0v) is 10.3. The van der Waals surface area contributed by atoms with Gasteiger partial charge in [-0.1, -0.05) is 6.92 Å². The Balaban J connectivity index is 1.85. The molecule has 2 saturated heterocycles. The first-order valence-corrected chi connectivity index (χ1v) is 6.14. The molecule has 0 amide bonds. The molecule has 94 valence electrons. The smallest absolute Gasteiger partial charge is 0.0969 e. The summed E-state index contributed by atoms with van der Waals surface area (Å²) in [5.41, 5.74) is 0.348. The molecule has 2 aliphatic heterocycles. The Bertz CT molecular complexity index is 228. The van der Waals surface area contributed by atoms with Crippen molar-refractivity contribution < 1.29 is 14.6 Å². The molecule has 0 aromatic carbocycles. The zero-order chi connectivity index (χ0) is 11.6. The summed E-state index contributed by atoms with van der Waals surface area (Å²) in [5.74, 6) is 0. The molecule has 0 saturated carbocycles. The van der Waals surface area contributed by atoms with Crippen LogP contribution in [0, 0.1) is 5.41 Å². The highest BCUT2D eigenvalue weighted by molar-refractivity contribution is 4.89. The molecule has 0 bridgehead atoms.